The first-order valence-corrected chi connectivity index (χ1v) is 7.79. The Labute approximate surface area is 139 Å². The smallest absolute Gasteiger partial charge is 0.186 e. The van der Waals surface area contributed by atoms with Crippen LogP contribution in [0.15, 0.2) is 21.7 Å². The van der Waals surface area contributed by atoms with Gasteiger partial charge in [-0.05, 0) is 66.6 Å². The summed E-state index contributed by atoms with van der Waals surface area (Å²) in [4.78, 5) is 0. The summed E-state index contributed by atoms with van der Waals surface area (Å²) in [7, 11) is 1.61. The third kappa shape index (κ3) is 5.89. The van der Waals surface area contributed by atoms with Gasteiger partial charge < -0.3 is 14.8 Å². The third-order valence-electron chi connectivity index (χ3n) is 2.32. The van der Waals surface area contributed by atoms with Gasteiger partial charge in [-0.1, -0.05) is 0 Å². The number of rotatable bonds is 6. The molecule has 2 N–H and O–H groups in total. The number of nitrogens with one attached hydrogen (secondary N) is 2. The van der Waals surface area contributed by atoms with Crippen LogP contribution in [0.4, 0.5) is 0 Å². The van der Waals surface area contributed by atoms with E-state index in [2.05, 4.69) is 31.8 Å². The number of methoxy groups -OCH3 is 1. The molecular formula is C14H20BrN3O2S. The van der Waals surface area contributed by atoms with E-state index < -0.39 is 0 Å². The monoisotopic (exact) mass is 373 g/mol. The van der Waals surface area contributed by atoms with Gasteiger partial charge in [-0.3, -0.25) is 5.43 Å². The van der Waals surface area contributed by atoms with E-state index in [4.69, 9.17) is 21.7 Å². The predicted octanol–water partition coefficient (Wildman–Crippen LogP) is 3.06. The van der Waals surface area contributed by atoms with Crippen LogP contribution in [-0.4, -0.2) is 31.1 Å². The van der Waals surface area contributed by atoms with Crippen molar-refractivity contribution >= 4 is 39.5 Å². The molecule has 5 nitrogen and oxygen atoms in total. The third-order valence-corrected chi connectivity index (χ3v) is 3.15. The van der Waals surface area contributed by atoms with Crippen LogP contribution in [0.3, 0.4) is 0 Å². The molecule has 1 aromatic rings. The average Bonchev–Trinajstić information content (AvgIpc) is 2.41. The number of hydrogen-bond acceptors (Lipinski definition) is 4. The molecule has 0 unspecified atom stereocenters. The molecule has 1 aromatic carbocycles. The predicted molar refractivity (Wildman–Crippen MR) is 93.5 cm³/mol. The van der Waals surface area contributed by atoms with Crippen LogP contribution in [0.1, 0.15) is 26.3 Å². The molecule has 0 aromatic heterocycles. The molecular weight excluding hydrogens is 354 g/mol. The Morgan fingerprint density at radius 1 is 1.48 bits per heavy atom. The second kappa shape index (κ2) is 8.84. The molecule has 0 aliphatic rings. The summed E-state index contributed by atoms with van der Waals surface area (Å²) >= 11 is 8.51. The largest absolute Gasteiger partial charge is 0.493 e. The summed E-state index contributed by atoms with van der Waals surface area (Å²) < 4.78 is 11.9. The van der Waals surface area contributed by atoms with E-state index in [1.54, 1.807) is 13.3 Å². The Balaban J connectivity index is 2.88. The topological polar surface area (TPSA) is 54.9 Å². The molecule has 0 bridgehead atoms. The van der Waals surface area contributed by atoms with Crippen molar-refractivity contribution in [1.82, 2.24) is 10.7 Å². The molecule has 0 saturated carbocycles. The summed E-state index contributed by atoms with van der Waals surface area (Å²) in [5.41, 5.74) is 3.60. The number of thiocarbonyl (C=S) groups is 1. The minimum absolute atomic E-state index is 0.0638. The van der Waals surface area contributed by atoms with Crippen LogP contribution in [0.2, 0.25) is 0 Å². The molecule has 0 amide bonds. The fourth-order valence-corrected chi connectivity index (χ4v) is 2.28. The van der Waals surface area contributed by atoms with E-state index in [9.17, 15) is 0 Å². The normalized spacial score (nSPS) is 10.8. The minimum atomic E-state index is 0.0638. The highest BCUT2D eigenvalue weighted by Gasteiger charge is 2.12. The average molecular weight is 374 g/mol. The first-order chi connectivity index (χ1) is 9.97. The van der Waals surface area contributed by atoms with Gasteiger partial charge in [0.15, 0.2) is 16.6 Å². The van der Waals surface area contributed by atoms with Crippen LogP contribution >= 0.6 is 28.1 Å². The SMILES string of the molecule is CCNC(=S)NN=Cc1cc(Br)c(OC(C)C)c(OC)c1. The van der Waals surface area contributed by atoms with Gasteiger partial charge in [0, 0.05) is 6.54 Å². The van der Waals surface area contributed by atoms with E-state index in [1.165, 1.54) is 0 Å². The lowest BCUT2D eigenvalue weighted by atomic mass is 10.2. The highest BCUT2D eigenvalue weighted by Crippen LogP contribution is 2.36. The van der Waals surface area contributed by atoms with Crippen molar-refractivity contribution in [2.45, 2.75) is 26.9 Å². The van der Waals surface area contributed by atoms with E-state index in [1.807, 2.05) is 32.9 Å². The molecule has 0 aliphatic heterocycles. The quantitative estimate of drug-likeness (QED) is 0.455. The van der Waals surface area contributed by atoms with Gasteiger partial charge >= 0.3 is 0 Å². The molecule has 7 heteroatoms. The van der Waals surface area contributed by atoms with Crippen LogP contribution in [0, 0.1) is 0 Å². The Hall–Kier alpha value is -1.34. The Morgan fingerprint density at radius 2 is 2.19 bits per heavy atom. The van der Waals surface area contributed by atoms with Gasteiger partial charge in [0.1, 0.15) is 0 Å². The van der Waals surface area contributed by atoms with Gasteiger partial charge in [0.2, 0.25) is 0 Å². The number of hydrogen-bond donors (Lipinski definition) is 2. The Kier molecular flexibility index (Phi) is 7.45. The van der Waals surface area contributed by atoms with Gasteiger partial charge in [0.05, 0.1) is 23.9 Å². The number of nitrogens with zero attached hydrogens (tertiary/aromatic N) is 1. The van der Waals surface area contributed by atoms with Crippen molar-refractivity contribution in [2.75, 3.05) is 13.7 Å². The minimum Gasteiger partial charge on any atom is -0.493 e. The lowest BCUT2D eigenvalue weighted by molar-refractivity contribution is 0.228. The molecule has 21 heavy (non-hydrogen) atoms. The molecule has 116 valence electrons. The number of halogens is 1. The summed E-state index contributed by atoms with van der Waals surface area (Å²) in [6, 6.07) is 3.76. The summed E-state index contributed by atoms with van der Waals surface area (Å²) in [6.45, 7) is 6.65. The van der Waals surface area contributed by atoms with Crippen molar-refractivity contribution in [1.29, 1.82) is 0 Å². The second-order valence-electron chi connectivity index (χ2n) is 4.43. The molecule has 0 spiro atoms. The first kappa shape index (κ1) is 17.7. The van der Waals surface area contributed by atoms with Crippen LogP contribution in [0.5, 0.6) is 11.5 Å². The van der Waals surface area contributed by atoms with Gasteiger partial charge in [0.25, 0.3) is 0 Å². The highest BCUT2D eigenvalue weighted by molar-refractivity contribution is 9.10. The molecule has 0 fully saturated rings. The second-order valence-corrected chi connectivity index (χ2v) is 5.69. The van der Waals surface area contributed by atoms with Crippen molar-refractivity contribution < 1.29 is 9.47 Å². The van der Waals surface area contributed by atoms with Crippen molar-refractivity contribution in [2.24, 2.45) is 5.10 Å². The van der Waals surface area contributed by atoms with E-state index in [-0.39, 0.29) is 6.10 Å². The number of hydrazone groups is 1. The van der Waals surface area contributed by atoms with Gasteiger partial charge in [-0.15, -0.1) is 0 Å². The van der Waals surface area contributed by atoms with Crippen molar-refractivity contribution in [3.63, 3.8) is 0 Å². The van der Waals surface area contributed by atoms with E-state index >= 15 is 0 Å². The zero-order valence-corrected chi connectivity index (χ0v) is 15.0. The lowest BCUT2D eigenvalue weighted by Gasteiger charge is -2.15. The maximum Gasteiger partial charge on any atom is 0.186 e. The zero-order valence-electron chi connectivity index (χ0n) is 12.6. The van der Waals surface area contributed by atoms with Gasteiger partial charge in [-0.2, -0.15) is 5.10 Å². The highest BCUT2D eigenvalue weighted by atomic mass is 79.9. The fourth-order valence-electron chi connectivity index (χ4n) is 1.53. The lowest BCUT2D eigenvalue weighted by Crippen LogP contribution is -2.31. The first-order valence-electron chi connectivity index (χ1n) is 6.59. The zero-order chi connectivity index (χ0) is 15.8. The maximum atomic E-state index is 5.73. The van der Waals surface area contributed by atoms with Crippen LogP contribution in [0.25, 0.3) is 0 Å². The molecule has 0 radical (unpaired) electrons. The maximum absolute atomic E-state index is 5.73. The van der Waals surface area contributed by atoms with Crippen LogP contribution < -0.4 is 20.2 Å². The Bertz CT molecular complexity index is 521. The van der Waals surface area contributed by atoms with Crippen molar-refractivity contribution in [3.8, 4) is 11.5 Å². The number of benzene rings is 1. The summed E-state index contributed by atoms with van der Waals surface area (Å²) in [5, 5.41) is 7.51. The van der Waals surface area contributed by atoms with Crippen molar-refractivity contribution in [3.05, 3.63) is 22.2 Å². The molecule has 0 heterocycles. The van der Waals surface area contributed by atoms with Crippen LogP contribution in [-0.2, 0) is 0 Å². The van der Waals surface area contributed by atoms with E-state index in [0.717, 1.165) is 16.6 Å². The fraction of sp³-hybridized carbons (Fsp3) is 0.429. The number of ether oxygens (including phenoxy) is 2. The van der Waals surface area contributed by atoms with Gasteiger partial charge in [-0.25, -0.2) is 0 Å². The molecule has 1 rings (SSSR count). The standard InChI is InChI=1S/C14H20BrN3O2S/c1-5-16-14(21)18-17-8-10-6-11(15)13(20-9(2)3)12(7-10)19-4/h6-9H,5H2,1-4H3,(H2,16,18,21). The molecule has 0 aliphatic carbocycles. The molecule has 0 atom stereocenters. The van der Waals surface area contributed by atoms with E-state index in [0.29, 0.717) is 16.6 Å². The summed E-state index contributed by atoms with van der Waals surface area (Å²) in [6.07, 6.45) is 1.73. The summed E-state index contributed by atoms with van der Waals surface area (Å²) in [5.74, 6) is 1.33. The molecule has 0 saturated heterocycles. The Morgan fingerprint density at radius 3 is 2.76 bits per heavy atom.